The van der Waals surface area contributed by atoms with Crippen LogP contribution in [0, 0.1) is 6.92 Å². The quantitative estimate of drug-likeness (QED) is 0.430. The highest BCUT2D eigenvalue weighted by molar-refractivity contribution is 5.81. The third-order valence-corrected chi connectivity index (χ3v) is 1.84. The fraction of sp³-hybridized carbons (Fsp3) is 0.250. The second-order valence-corrected chi connectivity index (χ2v) is 3.13. The van der Waals surface area contributed by atoms with Gasteiger partial charge in [-0.15, -0.1) is 0 Å². The SMILES string of the molecule is CO/C=C/C(=O)OCc1ccc(C)cc1. The molecule has 0 fully saturated rings. The van der Waals surface area contributed by atoms with Gasteiger partial charge in [0.2, 0.25) is 0 Å². The number of methoxy groups -OCH3 is 1. The van der Waals surface area contributed by atoms with Crippen molar-refractivity contribution in [2.75, 3.05) is 7.11 Å². The van der Waals surface area contributed by atoms with Gasteiger partial charge in [0, 0.05) is 0 Å². The number of rotatable bonds is 4. The first-order valence-corrected chi connectivity index (χ1v) is 4.64. The highest BCUT2D eigenvalue weighted by atomic mass is 16.5. The van der Waals surface area contributed by atoms with Crippen LogP contribution >= 0.6 is 0 Å². The molecule has 0 N–H and O–H groups in total. The summed E-state index contributed by atoms with van der Waals surface area (Å²) in [4.78, 5) is 11.1. The minimum atomic E-state index is -0.405. The van der Waals surface area contributed by atoms with E-state index in [-0.39, 0.29) is 6.61 Å². The van der Waals surface area contributed by atoms with Crippen molar-refractivity contribution < 1.29 is 14.3 Å². The summed E-state index contributed by atoms with van der Waals surface area (Å²) in [5.41, 5.74) is 2.16. The van der Waals surface area contributed by atoms with Crippen LogP contribution in [0.2, 0.25) is 0 Å². The lowest BCUT2D eigenvalue weighted by atomic mass is 10.2. The zero-order valence-corrected chi connectivity index (χ0v) is 8.90. The van der Waals surface area contributed by atoms with Crippen molar-refractivity contribution in [3.63, 3.8) is 0 Å². The number of carbonyl (C=O) groups is 1. The first-order chi connectivity index (χ1) is 7.22. The molecule has 15 heavy (non-hydrogen) atoms. The summed E-state index contributed by atoms with van der Waals surface area (Å²) in [5.74, 6) is -0.405. The summed E-state index contributed by atoms with van der Waals surface area (Å²) in [6.07, 6.45) is 2.53. The van der Waals surface area contributed by atoms with Crippen LogP contribution in [0.15, 0.2) is 36.6 Å². The monoisotopic (exact) mass is 206 g/mol. The van der Waals surface area contributed by atoms with Crippen LogP contribution in [0.3, 0.4) is 0 Å². The van der Waals surface area contributed by atoms with Gasteiger partial charge in [-0.3, -0.25) is 0 Å². The summed E-state index contributed by atoms with van der Waals surface area (Å²) in [5, 5.41) is 0. The molecule has 0 heterocycles. The van der Waals surface area contributed by atoms with Crippen molar-refractivity contribution in [3.05, 3.63) is 47.7 Å². The Morgan fingerprint density at radius 1 is 1.33 bits per heavy atom. The van der Waals surface area contributed by atoms with Gasteiger partial charge in [-0.1, -0.05) is 29.8 Å². The molecule has 0 bridgehead atoms. The highest BCUT2D eigenvalue weighted by Crippen LogP contribution is 2.04. The molecule has 0 saturated heterocycles. The minimum absolute atomic E-state index is 0.285. The van der Waals surface area contributed by atoms with Crippen LogP contribution in [-0.4, -0.2) is 13.1 Å². The van der Waals surface area contributed by atoms with E-state index in [1.165, 1.54) is 25.0 Å². The van der Waals surface area contributed by atoms with E-state index in [0.29, 0.717) is 0 Å². The molecule has 0 saturated carbocycles. The van der Waals surface area contributed by atoms with Crippen molar-refractivity contribution >= 4 is 5.97 Å². The zero-order chi connectivity index (χ0) is 11.1. The molecule has 0 aliphatic carbocycles. The lowest BCUT2D eigenvalue weighted by Gasteiger charge is -2.02. The second-order valence-electron chi connectivity index (χ2n) is 3.13. The number of aryl methyl sites for hydroxylation is 1. The molecule has 0 spiro atoms. The molecule has 0 aliphatic heterocycles. The Hall–Kier alpha value is -1.77. The van der Waals surface area contributed by atoms with Crippen LogP contribution in [0.1, 0.15) is 11.1 Å². The fourth-order valence-corrected chi connectivity index (χ4v) is 1.01. The Balaban J connectivity index is 2.40. The molecule has 0 aliphatic rings. The first-order valence-electron chi connectivity index (χ1n) is 4.64. The van der Waals surface area contributed by atoms with Gasteiger partial charge < -0.3 is 9.47 Å². The number of benzene rings is 1. The lowest BCUT2D eigenvalue weighted by molar-refractivity contribution is -0.139. The average Bonchev–Trinajstić information content (AvgIpc) is 2.25. The summed E-state index contributed by atoms with van der Waals surface area (Å²) in [7, 11) is 1.48. The van der Waals surface area contributed by atoms with E-state index in [2.05, 4.69) is 4.74 Å². The predicted octanol–water partition coefficient (Wildman–Crippen LogP) is 2.20. The molecule has 0 atom stereocenters. The van der Waals surface area contributed by atoms with Crippen molar-refractivity contribution in [2.24, 2.45) is 0 Å². The highest BCUT2D eigenvalue weighted by Gasteiger charge is 1.98. The molecule has 1 rings (SSSR count). The van der Waals surface area contributed by atoms with E-state index in [4.69, 9.17) is 4.74 Å². The van der Waals surface area contributed by atoms with Gasteiger partial charge in [0.05, 0.1) is 19.4 Å². The fourth-order valence-electron chi connectivity index (χ4n) is 1.01. The van der Waals surface area contributed by atoms with Gasteiger partial charge in [0.25, 0.3) is 0 Å². The van der Waals surface area contributed by atoms with Crippen LogP contribution in [0.4, 0.5) is 0 Å². The molecular weight excluding hydrogens is 192 g/mol. The largest absolute Gasteiger partial charge is 0.504 e. The third kappa shape index (κ3) is 4.31. The van der Waals surface area contributed by atoms with E-state index in [1.54, 1.807) is 0 Å². The summed E-state index contributed by atoms with van der Waals surface area (Å²) >= 11 is 0. The smallest absolute Gasteiger partial charge is 0.334 e. The van der Waals surface area contributed by atoms with E-state index >= 15 is 0 Å². The van der Waals surface area contributed by atoms with Gasteiger partial charge in [0.15, 0.2) is 0 Å². The minimum Gasteiger partial charge on any atom is -0.504 e. The molecular formula is C12H14O3. The Bertz CT molecular complexity index is 338. The van der Waals surface area contributed by atoms with E-state index in [0.717, 1.165) is 5.56 Å². The van der Waals surface area contributed by atoms with Gasteiger partial charge in [0.1, 0.15) is 6.61 Å². The molecule has 3 nitrogen and oxygen atoms in total. The normalized spacial score (nSPS) is 10.3. The van der Waals surface area contributed by atoms with Crippen molar-refractivity contribution in [1.82, 2.24) is 0 Å². The number of hydrogen-bond acceptors (Lipinski definition) is 3. The standard InChI is InChI=1S/C12H14O3/c1-10-3-5-11(6-4-10)9-15-12(13)7-8-14-2/h3-8H,9H2,1-2H3/b8-7+. The predicted molar refractivity (Wildman–Crippen MR) is 57.1 cm³/mol. The van der Waals surface area contributed by atoms with Crippen LogP contribution < -0.4 is 0 Å². The average molecular weight is 206 g/mol. The number of ether oxygens (including phenoxy) is 2. The van der Waals surface area contributed by atoms with Gasteiger partial charge in [-0.05, 0) is 12.5 Å². The summed E-state index contributed by atoms with van der Waals surface area (Å²) in [6.45, 7) is 2.30. The molecule has 0 aromatic heterocycles. The Labute approximate surface area is 89.3 Å². The zero-order valence-electron chi connectivity index (χ0n) is 8.90. The number of hydrogen-bond donors (Lipinski definition) is 0. The van der Waals surface area contributed by atoms with Gasteiger partial charge in [-0.25, -0.2) is 4.79 Å². The third-order valence-electron chi connectivity index (χ3n) is 1.84. The topological polar surface area (TPSA) is 35.5 Å². The Morgan fingerprint density at radius 3 is 2.60 bits per heavy atom. The Morgan fingerprint density at radius 2 is 2.00 bits per heavy atom. The summed E-state index contributed by atoms with van der Waals surface area (Å²) in [6, 6.07) is 7.83. The van der Waals surface area contributed by atoms with Crippen LogP contribution in [0.5, 0.6) is 0 Å². The first kappa shape index (κ1) is 11.3. The van der Waals surface area contributed by atoms with Crippen molar-refractivity contribution in [2.45, 2.75) is 13.5 Å². The molecule has 0 amide bonds. The van der Waals surface area contributed by atoms with Gasteiger partial charge in [-0.2, -0.15) is 0 Å². The maximum absolute atomic E-state index is 11.1. The van der Waals surface area contributed by atoms with Crippen molar-refractivity contribution in [1.29, 1.82) is 0 Å². The molecule has 1 aromatic carbocycles. The lowest BCUT2D eigenvalue weighted by Crippen LogP contribution is -2.00. The Kier molecular flexibility index (Phi) is 4.41. The van der Waals surface area contributed by atoms with E-state index in [9.17, 15) is 4.79 Å². The maximum atomic E-state index is 11.1. The molecule has 0 radical (unpaired) electrons. The van der Waals surface area contributed by atoms with Crippen molar-refractivity contribution in [3.8, 4) is 0 Å². The summed E-state index contributed by atoms with van der Waals surface area (Å²) < 4.78 is 9.56. The molecule has 0 unspecified atom stereocenters. The van der Waals surface area contributed by atoms with E-state index in [1.807, 2.05) is 31.2 Å². The molecule has 3 heteroatoms. The molecule has 1 aromatic rings. The second kappa shape index (κ2) is 5.86. The number of esters is 1. The van der Waals surface area contributed by atoms with Gasteiger partial charge >= 0.3 is 5.97 Å². The van der Waals surface area contributed by atoms with E-state index < -0.39 is 5.97 Å². The molecule has 80 valence electrons. The van der Waals surface area contributed by atoms with Crippen LogP contribution in [-0.2, 0) is 20.9 Å². The maximum Gasteiger partial charge on any atom is 0.334 e. The number of carbonyl (C=O) groups excluding carboxylic acids is 1. The van der Waals surface area contributed by atoms with Crippen LogP contribution in [0.25, 0.3) is 0 Å².